The molecule has 0 bridgehead atoms. The number of halogens is 1. The zero-order valence-electron chi connectivity index (χ0n) is 16.4. The van der Waals surface area contributed by atoms with Crippen molar-refractivity contribution in [2.24, 2.45) is 5.92 Å². The Morgan fingerprint density at radius 2 is 1.90 bits per heavy atom. The van der Waals surface area contributed by atoms with Gasteiger partial charge in [-0.1, -0.05) is 26.0 Å². The third-order valence-corrected chi connectivity index (χ3v) is 4.89. The Kier molecular flexibility index (Phi) is 6.06. The van der Waals surface area contributed by atoms with Gasteiger partial charge in [-0.25, -0.2) is 9.18 Å². The van der Waals surface area contributed by atoms with E-state index >= 15 is 0 Å². The van der Waals surface area contributed by atoms with Gasteiger partial charge in [-0.15, -0.1) is 0 Å². The van der Waals surface area contributed by atoms with Crippen LogP contribution in [0.25, 0.3) is 11.1 Å². The first-order chi connectivity index (χ1) is 13.8. The SMILES string of the molecule is CC(C)COc1ccc(CC(=O)O)cc1-c1ccc(F)c2c1CN(C(=O)O)CC2. The minimum atomic E-state index is -1.05. The molecule has 1 heterocycles. The maximum Gasteiger partial charge on any atom is 0.407 e. The van der Waals surface area contributed by atoms with Gasteiger partial charge >= 0.3 is 12.1 Å². The number of carbonyl (C=O) groups is 2. The zero-order chi connectivity index (χ0) is 21.1. The summed E-state index contributed by atoms with van der Waals surface area (Å²) in [7, 11) is 0. The number of amides is 1. The third kappa shape index (κ3) is 4.67. The highest BCUT2D eigenvalue weighted by Gasteiger charge is 2.26. The predicted molar refractivity (Wildman–Crippen MR) is 106 cm³/mol. The van der Waals surface area contributed by atoms with Crippen molar-refractivity contribution in [1.29, 1.82) is 0 Å². The molecule has 0 aromatic heterocycles. The van der Waals surface area contributed by atoms with Crippen LogP contribution in [0.5, 0.6) is 5.75 Å². The largest absolute Gasteiger partial charge is 0.493 e. The number of aliphatic carboxylic acids is 1. The molecule has 0 spiro atoms. The molecular weight excluding hydrogens is 377 g/mol. The summed E-state index contributed by atoms with van der Waals surface area (Å²) in [5, 5.41) is 18.5. The average molecular weight is 401 g/mol. The van der Waals surface area contributed by atoms with Crippen LogP contribution in [0.4, 0.5) is 9.18 Å². The normalized spacial score (nSPS) is 13.3. The second kappa shape index (κ2) is 8.51. The van der Waals surface area contributed by atoms with E-state index < -0.39 is 12.1 Å². The second-order valence-electron chi connectivity index (χ2n) is 7.61. The number of nitrogens with zero attached hydrogens (tertiary/aromatic N) is 1. The number of hydrogen-bond donors (Lipinski definition) is 2. The zero-order valence-corrected chi connectivity index (χ0v) is 16.4. The van der Waals surface area contributed by atoms with E-state index in [1.807, 2.05) is 13.8 Å². The van der Waals surface area contributed by atoms with Crippen LogP contribution in [-0.4, -0.2) is 40.3 Å². The molecule has 29 heavy (non-hydrogen) atoms. The molecule has 2 N–H and O–H groups in total. The lowest BCUT2D eigenvalue weighted by Gasteiger charge is -2.29. The number of carboxylic acids is 1. The summed E-state index contributed by atoms with van der Waals surface area (Å²) in [6.45, 7) is 4.81. The van der Waals surface area contributed by atoms with Crippen LogP contribution in [0.3, 0.4) is 0 Å². The fraction of sp³-hybridized carbons (Fsp3) is 0.364. The number of rotatable bonds is 6. The van der Waals surface area contributed by atoms with Crippen LogP contribution in [0, 0.1) is 11.7 Å². The van der Waals surface area contributed by atoms with Crippen LogP contribution in [0.1, 0.15) is 30.5 Å². The van der Waals surface area contributed by atoms with E-state index in [1.54, 1.807) is 24.3 Å². The molecule has 3 rings (SSSR count). The Hall–Kier alpha value is -3.09. The number of hydrogen-bond acceptors (Lipinski definition) is 3. The van der Waals surface area contributed by atoms with E-state index in [1.165, 1.54) is 11.0 Å². The molecule has 2 aromatic carbocycles. The highest BCUT2D eigenvalue weighted by atomic mass is 19.1. The van der Waals surface area contributed by atoms with Crippen molar-refractivity contribution in [2.75, 3.05) is 13.2 Å². The number of carboxylic acid groups (broad SMARTS) is 2. The topological polar surface area (TPSA) is 87.1 Å². The lowest BCUT2D eigenvalue weighted by molar-refractivity contribution is -0.136. The fourth-order valence-electron chi connectivity index (χ4n) is 3.50. The van der Waals surface area contributed by atoms with Crippen LogP contribution in [-0.2, 0) is 24.2 Å². The lowest BCUT2D eigenvalue weighted by Crippen LogP contribution is -2.35. The van der Waals surface area contributed by atoms with Crippen LogP contribution in [0.15, 0.2) is 30.3 Å². The molecule has 0 saturated carbocycles. The summed E-state index contributed by atoms with van der Waals surface area (Å²) in [5.74, 6) is -0.467. The van der Waals surface area contributed by atoms with E-state index in [4.69, 9.17) is 9.84 Å². The maximum atomic E-state index is 14.4. The summed E-state index contributed by atoms with van der Waals surface area (Å²) in [4.78, 5) is 23.9. The smallest absolute Gasteiger partial charge is 0.407 e. The van der Waals surface area contributed by atoms with E-state index in [2.05, 4.69) is 0 Å². The van der Waals surface area contributed by atoms with Crippen LogP contribution in [0.2, 0.25) is 0 Å². The van der Waals surface area contributed by atoms with Crippen molar-refractivity contribution < 1.29 is 28.9 Å². The average Bonchev–Trinajstić information content (AvgIpc) is 2.66. The van der Waals surface area contributed by atoms with Gasteiger partial charge in [0.1, 0.15) is 11.6 Å². The monoisotopic (exact) mass is 401 g/mol. The van der Waals surface area contributed by atoms with Gasteiger partial charge in [-0.3, -0.25) is 4.79 Å². The Bertz CT molecular complexity index is 941. The summed E-state index contributed by atoms with van der Waals surface area (Å²) < 4.78 is 20.4. The van der Waals surface area contributed by atoms with E-state index in [0.29, 0.717) is 40.2 Å². The Morgan fingerprint density at radius 3 is 2.55 bits per heavy atom. The third-order valence-electron chi connectivity index (χ3n) is 4.89. The van der Waals surface area contributed by atoms with Crippen molar-refractivity contribution >= 4 is 12.1 Å². The summed E-state index contributed by atoms with van der Waals surface area (Å²) in [5.41, 5.74) is 3.00. The van der Waals surface area contributed by atoms with Gasteiger partial charge in [0.25, 0.3) is 0 Å². The molecule has 1 amide bonds. The van der Waals surface area contributed by atoms with Gasteiger partial charge in [0.2, 0.25) is 0 Å². The molecule has 0 aliphatic carbocycles. The molecule has 7 heteroatoms. The van der Waals surface area contributed by atoms with E-state index in [0.717, 1.165) is 0 Å². The van der Waals surface area contributed by atoms with Crippen molar-refractivity contribution in [3.05, 3.63) is 52.8 Å². The first-order valence-electron chi connectivity index (χ1n) is 9.52. The van der Waals surface area contributed by atoms with Gasteiger partial charge in [0.05, 0.1) is 13.0 Å². The molecule has 154 valence electrons. The van der Waals surface area contributed by atoms with Gasteiger partial charge in [0.15, 0.2) is 0 Å². The lowest BCUT2D eigenvalue weighted by atomic mass is 9.89. The number of fused-ring (bicyclic) bond motifs is 1. The first-order valence-corrected chi connectivity index (χ1v) is 9.52. The second-order valence-corrected chi connectivity index (χ2v) is 7.61. The molecule has 6 nitrogen and oxygen atoms in total. The molecule has 0 unspecified atom stereocenters. The highest BCUT2D eigenvalue weighted by molar-refractivity contribution is 5.78. The first kappa shape index (κ1) is 20.6. The Balaban J connectivity index is 2.13. The molecule has 0 saturated heterocycles. The number of benzene rings is 2. The minimum Gasteiger partial charge on any atom is -0.493 e. The van der Waals surface area contributed by atoms with E-state index in [9.17, 15) is 19.1 Å². The quantitative estimate of drug-likeness (QED) is 0.758. The minimum absolute atomic E-state index is 0.0739. The molecule has 1 aliphatic rings. The number of ether oxygens (including phenoxy) is 1. The van der Waals surface area contributed by atoms with Gasteiger partial charge in [-0.05, 0) is 52.8 Å². The molecular formula is C22H24FNO5. The van der Waals surface area contributed by atoms with Crippen molar-refractivity contribution in [3.63, 3.8) is 0 Å². The van der Waals surface area contributed by atoms with Crippen LogP contribution < -0.4 is 4.74 Å². The summed E-state index contributed by atoms with van der Waals surface area (Å²) in [6, 6.07) is 8.15. The summed E-state index contributed by atoms with van der Waals surface area (Å²) in [6.07, 6.45) is -0.915. The fourth-order valence-corrected chi connectivity index (χ4v) is 3.50. The molecule has 2 aromatic rings. The molecule has 0 radical (unpaired) electrons. The predicted octanol–water partition coefficient (Wildman–Crippen LogP) is 4.19. The van der Waals surface area contributed by atoms with Crippen molar-refractivity contribution in [1.82, 2.24) is 4.90 Å². The van der Waals surface area contributed by atoms with Gasteiger partial charge in [0, 0.05) is 18.7 Å². The Morgan fingerprint density at radius 1 is 1.14 bits per heavy atom. The standard InChI is InChI=1S/C22H24FNO5/c1-13(2)12-29-20-6-3-14(10-21(25)26)9-17(20)15-4-5-19(23)16-7-8-24(22(27)28)11-18(15)16/h3-6,9,13H,7-8,10-12H2,1-2H3,(H,25,26)(H,27,28). The molecule has 1 aliphatic heterocycles. The maximum absolute atomic E-state index is 14.4. The summed E-state index contributed by atoms with van der Waals surface area (Å²) >= 11 is 0. The van der Waals surface area contributed by atoms with Gasteiger partial charge < -0.3 is 19.8 Å². The van der Waals surface area contributed by atoms with Gasteiger partial charge in [-0.2, -0.15) is 0 Å². The molecule has 0 atom stereocenters. The van der Waals surface area contributed by atoms with Crippen molar-refractivity contribution in [3.8, 4) is 16.9 Å². The Labute approximate surface area is 168 Å². The highest BCUT2D eigenvalue weighted by Crippen LogP contribution is 2.38. The van der Waals surface area contributed by atoms with Crippen LogP contribution >= 0.6 is 0 Å². The molecule has 0 fully saturated rings. The van der Waals surface area contributed by atoms with Crippen molar-refractivity contribution in [2.45, 2.75) is 33.2 Å². The van der Waals surface area contributed by atoms with E-state index in [-0.39, 0.29) is 37.7 Å².